The van der Waals surface area contributed by atoms with E-state index in [0.29, 0.717) is 12.0 Å². The predicted molar refractivity (Wildman–Crippen MR) is 90.2 cm³/mol. The molecule has 0 amide bonds. The van der Waals surface area contributed by atoms with Crippen molar-refractivity contribution in [2.45, 2.75) is 56.7 Å². The summed E-state index contributed by atoms with van der Waals surface area (Å²) in [7, 11) is 2.07. The molecule has 3 aliphatic rings. The average molecular weight is 318 g/mol. The Bertz CT molecular complexity index is 505. The maximum Gasteiger partial charge on any atom is 0.137 e. The minimum absolute atomic E-state index is 0.155. The van der Waals surface area contributed by atoms with Crippen LogP contribution in [0.2, 0.25) is 0 Å². The summed E-state index contributed by atoms with van der Waals surface area (Å²) in [5, 5.41) is 3.84. The molecule has 5 heteroatoms. The molecule has 128 valence electrons. The van der Waals surface area contributed by atoms with Gasteiger partial charge in [-0.15, -0.1) is 0 Å². The van der Waals surface area contributed by atoms with Gasteiger partial charge in [0.25, 0.3) is 0 Å². The first-order valence-corrected chi connectivity index (χ1v) is 9.37. The second-order valence-corrected chi connectivity index (χ2v) is 7.54. The van der Waals surface area contributed by atoms with Crippen molar-refractivity contribution in [2.24, 2.45) is 13.0 Å². The van der Waals surface area contributed by atoms with Crippen LogP contribution in [-0.2, 0) is 11.8 Å². The van der Waals surface area contributed by atoms with Gasteiger partial charge < -0.3 is 19.5 Å². The van der Waals surface area contributed by atoms with E-state index in [9.17, 15) is 0 Å². The van der Waals surface area contributed by atoms with Gasteiger partial charge in [0.2, 0.25) is 0 Å². The maximum atomic E-state index is 6.08. The van der Waals surface area contributed by atoms with Gasteiger partial charge >= 0.3 is 0 Å². The van der Waals surface area contributed by atoms with Crippen LogP contribution in [0.15, 0.2) is 12.4 Å². The fourth-order valence-corrected chi connectivity index (χ4v) is 4.22. The number of likely N-dealkylation sites (tertiary alicyclic amines) is 1. The number of aromatic nitrogens is 2. The van der Waals surface area contributed by atoms with Crippen LogP contribution in [0.5, 0.6) is 0 Å². The van der Waals surface area contributed by atoms with Gasteiger partial charge in [-0.2, -0.15) is 0 Å². The third kappa shape index (κ3) is 3.62. The smallest absolute Gasteiger partial charge is 0.137 e. The van der Waals surface area contributed by atoms with E-state index < -0.39 is 0 Å². The first-order valence-electron chi connectivity index (χ1n) is 9.37. The van der Waals surface area contributed by atoms with Gasteiger partial charge in [-0.25, -0.2) is 4.98 Å². The Balaban J connectivity index is 1.29. The molecule has 1 N–H and O–H groups in total. The van der Waals surface area contributed by atoms with Crippen molar-refractivity contribution in [3.63, 3.8) is 0 Å². The van der Waals surface area contributed by atoms with Crippen molar-refractivity contribution < 1.29 is 4.74 Å². The van der Waals surface area contributed by atoms with Crippen LogP contribution in [0.3, 0.4) is 0 Å². The van der Waals surface area contributed by atoms with Crippen LogP contribution >= 0.6 is 0 Å². The predicted octanol–water partition coefficient (Wildman–Crippen LogP) is 2.10. The molecule has 0 bridgehead atoms. The fraction of sp³-hybridized carbons (Fsp3) is 0.833. The number of nitrogens with one attached hydrogen (secondary N) is 1. The highest BCUT2D eigenvalue weighted by atomic mass is 16.5. The molecule has 1 aliphatic carbocycles. The van der Waals surface area contributed by atoms with Crippen LogP contribution in [0, 0.1) is 5.92 Å². The molecule has 0 unspecified atom stereocenters. The Hall–Kier alpha value is -0.910. The molecular formula is C18H30N4O. The molecule has 0 aromatic carbocycles. The monoisotopic (exact) mass is 318 g/mol. The van der Waals surface area contributed by atoms with Crippen molar-refractivity contribution in [2.75, 3.05) is 26.2 Å². The summed E-state index contributed by atoms with van der Waals surface area (Å²) >= 11 is 0. The average Bonchev–Trinajstić information content (AvgIpc) is 3.35. The number of hydrogen-bond acceptors (Lipinski definition) is 4. The van der Waals surface area contributed by atoms with Crippen molar-refractivity contribution in [3.05, 3.63) is 18.2 Å². The van der Waals surface area contributed by atoms with Gasteiger partial charge in [-0.1, -0.05) is 0 Å². The Kier molecular flexibility index (Phi) is 4.69. The zero-order chi connectivity index (χ0) is 15.6. The van der Waals surface area contributed by atoms with Gasteiger partial charge in [0.1, 0.15) is 11.9 Å². The van der Waals surface area contributed by atoms with E-state index in [1.165, 1.54) is 51.6 Å². The second-order valence-electron chi connectivity index (χ2n) is 7.54. The van der Waals surface area contributed by atoms with Crippen LogP contribution in [0.25, 0.3) is 0 Å². The van der Waals surface area contributed by atoms with E-state index in [-0.39, 0.29) is 6.10 Å². The van der Waals surface area contributed by atoms with Crippen molar-refractivity contribution in [1.82, 2.24) is 19.8 Å². The third-order valence-corrected chi connectivity index (χ3v) is 5.82. The largest absolute Gasteiger partial charge is 0.370 e. The van der Waals surface area contributed by atoms with Gasteiger partial charge in [0.15, 0.2) is 0 Å². The number of imidazole rings is 1. The molecule has 5 nitrogen and oxygen atoms in total. The molecular weight excluding hydrogens is 288 g/mol. The summed E-state index contributed by atoms with van der Waals surface area (Å²) in [5.41, 5.74) is 0. The maximum absolute atomic E-state index is 6.08. The minimum Gasteiger partial charge on any atom is -0.370 e. The summed E-state index contributed by atoms with van der Waals surface area (Å²) in [4.78, 5) is 7.22. The SMILES string of the molecule is Cn1ccnc1[C@@H]1OCCC[C@H]1CNC1CCN(C2CC2)CC1. The van der Waals surface area contributed by atoms with Crippen LogP contribution in [-0.4, -0.2) is 52.8 Å². The molecule has 0 radical (unpaired) electrons. The third-order valence-electron chi connectivity index (χ3n) is 5.82. The van der Waals surface area contributed by atoms with Gasteiger partial charge in [0.05, 0.1) is 0 Å². The Morgan fingerprint density at radius 3 is 2.74 bits per heavy atom. The first kappa shape index (κ1) is 15.6. The number of rotatable bonds is 5. The molecule has 1 saturated carbocycles. The lowest BCUT2D eigenvalue weighted by Gasteiger charge is -2.35. The Morgan fingerprint density at radius 2 is 2.04 bits per heavy atom. The second kappa shape index (κ2) is 6.91. The fourth-order valence-electron chi connectivity index (χ4n) is 4.22. The highest BCUT2D eigenvalue weighted by Gasteiger charge is 2.33. The van der Waals surface area contributed by atoms with Crippen LogP contribution < -0.4 is 5.32 Å². The quantitative estimate of drug-likeness (QED) is 0.903. The summed E-state index contributed by atoms with van der Waals surface area (Å²) in [6, 6.07) is 1.62. The molecule has 1 aromatic rings. The molecule has 23 heavy (non-hydrogen) atoms. The molecule has 0 spiro atoms. The molecule has 1 aromatic heterocycles. The molecule has 4 rings (SSSR count). The van der Waals surface area contributed by atoms with Gasteiger partial charge in [0, 0.05) is 50.6 Å². The van der Waals surface area contributed by atoms with E-state index in [2.05, 4.69) is 26.8 Å². The minimum atomic E-state index is 0.155. The Morgan fingerprint density at radius 1 is 1.22 bits per heavy atom. The van der Waals surface area contributed by atoms with Gasteiger partial charge in [-0.3, -0.25) is 0 Å². The number of hydrogen-bond donors (Lipinski definition) is 1. The molecule has 3 heterocycles. The molecule has 3 fully saturated rings. The molecule has 2 atom stereocenters. The lowest BCUT2D eigenvalue weighted by atomic mass is 9.92. The van der Waals surface area contributed by atoms with E-state index in [4.69, 9.17) is 4.74 Å². The number of piperidine rings is 1. The van der Waals surface area contributed by atoms with Crippen LogP contribution in [0.1, 0.15) is 50.5 Å². The van der Waals surface area contributed by atoms with Crippen molar-refractivity contribution >= 4 is 0 Å². The standard InChI is InChI=1S/C18H30N4O/c1-21-11-8-19-18(21)17-14(3-2-12-23-17)13-20-15-6-9-22(10-7-15)16-4-5-16/h8,11,14-17,20H,2-7,9-10,12-13H2,1H3/t14-,17+/m0/s1. The van der Waals surface area contributed by atoms with Crippen molar-refractivity contribution in [3.8, 4) is 0 Å². The summed E-state index contributed by atoms with van der Waals surface area (Å²) < 4.78 is 8.19. The topological polar surface area (TPSA) is 42.3 Å². The van der Waals surface area contributed by atoms with E-state index in [1.807, 2.05) is 12.4 Å². The zero-order valence-corrected chi connectivity index (χ0v) is 14.3. The van der Waals surface area contributed by atoms with Gasteiger partial charge in [-0.05, 0) is 51.6 Å². The van der Waals surface area contributed by atoms with Crippen molar-refractivity contribution in [1.29, 1.82) is 0 Å². The van der Waals surface area contributed by atoms with E-state index in [1.54, 1.807) is 0 Å². The van der Waals surface area contributed by atoms with E-state index >= 15 is 0 Å². The molecule has 2 saturated heterocycles. The lowest BCUT2D eigenvalue weighted by Crippen LogP contribution is -2.45. The van der Waals surface area contributed by atoms with Crippen LogP contribution in [0.4, 0.5) is 0 Å². The summed E-state index contributed by atoms with van der Waals surface area (Å²) in [6.07, 6.45) is 11.9. The summed E-state index contributed by atoms with van der Waals surface area (Å²) in [5.74, 6) is 1.63. The highest BCUT2D eigenvalue weighted by molar-refractivity contribution is 5.00. The number of ether oxygens (including phenoxy) is 1. The van der Waals surface area contributed by atoms with E-state index in [0.717, 1.165) is 25.0 Å². The summed E-state index contributed by atoms with van der Waals surface area (Å²) in [6.45, 7) is 4.50. The Labute approximate surface area is 139 Å². The number of nitrogens with zero attached hydrogens (tertiary/aromatic N) is 3. The first-order chi connectivity index (χ1) is 11.3. The zero-order valence-electron chi connectivity index (χ0n) is 14.3. The highest BCUT2D eigenvalue weighted by Crippen LogP contribution is 2.33. The normalized spacial score (nSPS) is 30.7. The molecule has 2 aliphatic heterocycles. The number of aryl methyl sites for hydroxylation is 1. The lowest BCUT2D eigenvalue weighted by molar-refractivity contribution is -0.0355.